The Labute approximate surface area is 220 Å². The maximum atomic E-state index is 15.0. The zero-order valence-corrected chi connectivity index (χ0v) is 22.1. The van der Waals surface area contributed by atoms with Gasteiger partial charge in [0.15, 0.2) is 17.5 Å². The van der Waals surface area contributed by atoms with Crippen LogP contribution in [0.2, 0.25) is 0 Å². The standard InChI is InChI=1S/C25H31FN8O4/c1-15(9-21(35)38-25(2,3)4)19(14-36-5)32-23-18(26)10-16(12-27)22(33-23)31-17-11-20(24(37-6)28-13-17)34-29-7-8-30-34/h7-8,10-11,13,15,19H,9,14H2,1-6H3,(H2,31,32,33)/t15-,19-/m1/s1. The van der Waals surface area contributed by atoms with E-state index in [0.29, 0.717) is 11.4 Å². The van der Waals surface area contributed by atoms with Crippen LogP contribution in [0.15, 0.2) is 30.7 Å². The van der Waals surface area contributed by atoms with Crippen molar-refractivity contribution in [1.82, 2.24) is 25.0 Å². The first-order valence-electron chi connectivity index (χ1n) is 11.8. The number of carbonyl (C=O) groups excluding carboxylic acids is 1. The van der Waals surface area contributed by atoms with Crippen LogP contribution < -0.4 is 15.4 Å². The molecule has 0 amide bonds. The van der Waals surface area contributed by atoms with E-state index in [0.717, 1.165) is 6.07 Å². The Morgan fingerprint density at radius 3 is 2.53 bits per heavy atom. The van der Waals surface area contributed by atoms with Gasteiger partial charge in [-0.25, -0.2) is 14.4 Å². The number of esters is 1. The van der Waals surface area contributed by atoms with Gasteiger partial charge in [-0.05, 0) is 38.8 Å². The molecule has 0 aromatic carbocycles. The summed E-state index contributed by atoms with van der Waals surface area (Å²) in [4.78, 5) is 22.2. The molecule has 2 N–H and O–H groups in total. The number of hydrogen-bond donors (Lipinski definition) is 2. The Kier molecular flexibility index (Phi) is 9.14. The molecule has 202 valence electrons. The average molecular weight is 527 g/mol. The number of nitrogens with zero attached hydrogens (tertiary/aromatic N) is 6. The van der Waals surface area contributed by atoms with Crippen LogP contribution in [-0.4, -0.2) is 63.4 Å². The molecule has 3 aromatic heterocycles. The highest BCUT2D eigenvalue weighted by atomic mass is 19.1. The predicted molar refractivity (Wildman–Crippen MR) is 137 cm³/mol. The molecule has 0 aliphatic carbocycles. The molecule has 13 heteroatoms. The number of nitrogens with one attached hydrogen (secondary N) is 2. The molecule has 0 radical (unpaired) electrons. The number of aromatic nitrogens is 5. The lowest BCUT2D eigenvalue weighted by Crippen LogP contribution is -2.35. The lowest BCUT2D eigenvalue weighted by Gasteiger charge is -2.27. The molecule has 0 aliphatic heterocycles. The third-order valence-corrected chi connectivity index (χ3v) is 5.28. The number of halogens is 1. The monoisotopic (exact) mass is 526 g/mol. The molecule has 3 rings (SSSR count). The summed E-state index contributed by atoms with van der Waals surface area (Å²) in [7, 11) is 2.98. The number of rotatable bonds is 11. The van der Waals surface area contributed by atoms with Crippen LogP contribution in [0, 0.1) is 23.1 Å². The number of nitriles is 1. The minimum atomic E-state index is -0.730. The number of ether oxygens (including phenoxy) is 3. The average Bonchev–Trinajstić information content (AvgIpc) is 3.39. The molecule has 3 aromatic rings. The third kappa shape index (κ3) is 7.36. The van der Waals surface area contributed by atoms with E-state index in [1.807, 2.05) is 13.0 Å². The quantitative estimate of drug-likeness (QED) is 0.353. The van der Waals surface area contributed by atoms with Crippen LogP contribution in [0.5, 0.6) is 5.88 Å². The highest BCUT2D eigenvalue weighted by Gasteiger charge is 2.25. The van der Waals surface area contributed by atoms with E-state index >= 15 is 0 Å². The zero-order chi connectivity index (χ0) is 27.9. The Bertz CT molecular complexity index is 1290. The second-order valence-corrected chi connectivity index (χ2v) is 9.50. The van der Waals surface area contributed by atoms with Gasteiger partial charge >= 0.3 is 5.97 Å². The van der Waals surface area contributed by atoms with E-state index in [1.54, 1.807) is 26.8 Å². The van der Waals surface area contributed by atoms with Gasteiger partial charge < -0.3 is 24.8 Å². The van der Waals surface area contributed by atoms with Crippen LogP contribution in [0.3, 0.4) is 0 Å². The Hall–Kier alpha value is -4.31. The van der Waals surface area contributed by atoms with E-state index < -0.39 is 17.5 Å². The van der Waals surface area contributed by atoms with Gasteiger partial charge in [0, 0.05) is 7.11 Å². The zero-order valence-electron chi connectivity index (χ0n) is 22.1. The van der Waals surface area contributed by atoms with E-state index in [2.05, 4.69) is 30.8 Å². The van der Waals surface area contributed by atoms with Crippen molar-refractivity contribution < 1.29 is 23.4 Å². The van der Waals surface area contributed by atoms with E-state index in [-0.39, 0.29) is 48.0 Å². The van der Waals surface area contributed by atoms with Crippen LogP contribution in [0.1, 0.15) is 39.7 Å². The molecule has 0 bridgehead atoms. The minimum absolute atomic E-state index is 0.0206. The topological polar surface area (TPSA) is 149 Å². The van der Waals surface area contributed by atoms with Gasteiger partial charge in [-0.2, -0.15) is 15.5 Å². The van der Waals surface area contributed by atoms with Crippen LogP contribution in [0.25, 0.3) is 5.69 Å². The summed E-state index contributed by atoms with van der Waals surface area (Å²) in [5, 5.41) is 23.8. The van der Waals surface area contributed by atoms with Crippen LogP contribution in [0.4, 0.5) is 21.7 Å². The molecule has 0 aliphatic rings. The van der Waals surface area contributed by atoms with Gasteiger partial charge in [0.25, 0.3) is 0 Å². The van der Waals surface area contributed by atoms with Crippen molar-refractivity contribution >= 4 is 23.3 Å². The number of pyridine rings is 2. The first kappa shape index (κ1) is 28.3. The number of carbonyl (C=O) groups is 1. The fourth-order valence-electron chi connectivity index (χ4n) is 3.55. The van der Waals surface area contributed by atoms with Gasteiger partial charge in [-0.15, -0.1) is 4.80 Å². The van der Waals surface area contributed by atoms with Crippen LogP contribution in [-0.2, 0) is 14.3 Å². The number of anilines is 3. The SMILES string of the molecule is COC[C@@H](Nc1nc(Nc2cnc(OC)c(-n3nccn3)c2)c(C#N)cc1F)[C@H](C)CC(=O)OC(C)(C)C. The fourth-order valence-corrected chi connectivity index (χ4v) is 3.55. The van der Waals surface area contributed by atoms with Gasteiger partial charge in [0.2, 0.25) is 5.88 Å². The predicted octanol–water partition coefficient (Wildman–Crippen LogP) is 3.62. The van der Waals surface area contributed by atoms with Crippen molar-refractivity contribution in [2.75, 3.05) is 31.5 Å². The van der Waals surface area contributed by atoms with Crippen molar-refractivity contribution in [2.24, 2.45) is 5.92 Å². The summed E-state index contributed by atoms with van der Waals surface area (Å²) >= 11 is 0. The highest BCUT2D eigenvalue weighted by molar-refractivity contribution is 5.70. The lowest BCUT2D eigenvalue weighted by atomic mass is 9.98. The highest BCUT2D eigenvalue weighted by Crippen LogP contribution is 2.28. The molecule has 0 saturated heterocycles. The van der Waals surface area contributed by atoms with Crippen molar-refractivity contribution in [3.05, 3.63) is 42.1 Å². The molecule has 0 fully saturated rings. The summed E-state index contributed by atoms with van der Waals surface area (Å²) in [6.07, 6.45) is 4.57. The van der Waals surface area contributed by atoms with E-state index in [4.69, 9.17) is 14.2 Å². The molecule has 0 saturated carbocycles. The summed E-state index contributed by atoms with van der Waals surface area (Å²) in [6.45, 7) is 7.37. The smallest absolute Gasteiger partial charge is 0.306 e. The molecule has 0 spiro atoms. The third-order valence-electron chi connectivity index (χ3n) is 5.28. The van der Waals surface area contributed by atoms with Crippen molar-refractivity contribution in [2.45, 2.75) is 45.8 Å². The number of hydrogen-bond acceptors (Lipinski definition) is 11. The lowest BCUT2D eigenvalue weighted by molar-refractivity contribution is -0.156. The Morgan fingerprint density at radius 1 is 1.21 bits per heavy atom. The molecular weight excluding hydrogens is 495 g/mol. The Morgan fingerprint density at radius 2 is 1.92 bits per heavy atom. The van der Waals surface area contributed by atoms with E-state index in [9.17, 15) is 14.4 Å². The summed E-state index contributed by atoms with van der Waals surface area (Å²) in [5.74, 6) is -1.13. The summed E-state index contributed by atoms with van der Waals surface area (Å²) < 4.78 is 31.0. The van der Waals surface area contributed by atoms with E-state index in [1.165, 1.54) is 37.6 Å². The summed E-state index contributed by atoms with van der Waals surface area (Å²) in [6, 6.07) is 4.20. The van der Waals surface area contributed by atoms with Gasteiger partial charge in [-0.3, -0.25) is 4.79 Å². The normalized spacial score (nSPS) is 12.8. The molecule has 0 unspecified atom stereocenters. The van der Waals surface area contributed by atoms with Gasteiger partial charge in [0.1, 0.15) is 17.4 Å². The minimum Gasteiger partial charge on any atom is -0.479 e. The first-order chi connectivity index (χ1) is 18.0. The van der Waals surface area contributed by atoms with Gasteiger partial charge in [0.05, 0.1) is 56.0 Å². The molecule has 3 heterocycles. The molecule has 38 heavy (non-hydrogen) atoms. The largest absolute Gasteiger partial charge is 0.479 e. The maximum absolute atomic E-state index is 15.0. The number of methoxy groups -OCH3 is 2. The van der Waals surface area contributed by atoms with Crippen molar-refractivity contribution in [1.29, 1.82) is 5.26 Å². The maximum Gasteiger partial charge on any atom is 0.306 e. The molecule has 2 atom stereocenters. The second kappa shape index (κ2) is 12.3. The Balaban J connectivity index is 1.87. The second-order valence-electron chi connectivity index (χ2n) is 9.50. The molecule has 12 nitrogen and oxygen atoms in total. The summed E-state index contributed by atoms with van der Waals surface area (Å²) in [5.41, 5.74) is 0.239. The molecular formula is C25H31FN8O4. The van der Waals surface area contributed by atoms with Crippen molar-refractivity contribution in [3.8, 4) is 17.6 Å². The van der Waals surface area contributed by atoms with Gasteiger partial charge in [-0.1, -0.05) is 6.92 Å². The van der Waals surface area contributed by atoms with Crippen molar-refractivity contribution in [3.63, 3.8) is 0 Å². The fraction of sp³-hybridized carbons (Fsp3) is 0.440. The first-order valence-corrected chi connectivity index (χ1v) is 11.8. The van der Waals surface area contributed by atoms with Crippen LogP contribution >= 0.6 is 0 Å².